The minimum absolute atomic E-state index is 0.0712. The number of anilines is 2. The second kappa shape index (κ2) is 5.48. The number of rotatable bonds is 5. The molecule has 2 aromatic rings. The first-order valence-corrected chi connectivity index (χ1v) is 7.01. The van der Waals surface area contributed by atoms with Crippen molar-refractivity contribution in [3.05, 3.63) is 18.2 Å². The number of aromatic nitrogens is 4. The summed E-state index contributed by atoms with van der Waals surface area (Å²) in [6, 6.07) is 5.43. The Bertz CT molecular complexity index is 557. The number of nitrogens with zero attached hydrogens (tertiary/aromatic N) is 4. The van der Waals surface area contributed by atoms with Gasteiger partial charge in [-0.2, -0.15) is 0 Å². The average Bonchev–Trinajstić information content (AvgIpc) is 2.90. The lowest BCUT2D eigenvalue weighted by atomic mass is 9.89. The molecule has 6 nitrogen and oxygen atoms in total. The van der Waals surface area contributed by atoms with Crippen LogP contribution in [0.4, 0.5) is 11.4 Å². The summed E-state index contributed by atoms with van der Waals surface area (Å²) in [6.45, 7) is 6.48. The maximum atomic E-state index is 5.86. The van der Waals surface area contributed by atoms with E-state index in [-0.39, 0.29) is 5.54 Å². The largest absolute Gasteiger partial charge is 0.399 e. The van der Waals surface area contributed by atoms with Gasteiger partial charge in [-0.05, 0) is 47.9 Å². The van der Waals surface area contributed by atoms with E-state index in [1.807, 2.05) is 16.8 Å². The summed E-state index contributed by atoms with van der Waals surface area (Å²) >= 11 is 0. The lowest BCUT2D eigenvalue weighted by Crippen LogP contribution is -2.33. The molecule has 0 aliphatic rings. The van der Waals surface area contributed by atoms with Crippen molar-refractivity contribution in [1.29, 1.82) is 0 Å². The third-order valence-corrected chi connectivity index (χ3v) is 4.13. The van der Waals surface area contributed by atoms with Crippen molar-refractivity contribution in [2.24, 2.45) is 0 Å². The molecule has 0 aliphatic heterocycles. The molecule has 4 N–H and O–H groups in total. The van der Waals surface area contributed by atoms with Gasteiger partial charge in [0.2, 0.25) is 0 Å². The molecule has 1 heterocycles. The number of nitrogens with two attached hydrogens (primary N) is 2. The van der Waals surface area contributed by atoms with Crippen molar-refractivity contribution in [3.8, 4) is 11.4 Å². The molecule has 1 aromatic heterocycles. The van der Waals surface area contributed by atoms with E-state index in [2.05, 4.69) is 36.3 Å². The topological polar surface area (TPSA) is 95.6 Å². The molecule has 0 amide bonds. The predicted molar refractivity (Wildman–Crippen MR) is 80.9 cm³/mol. The summed E-state index contributed by atoms with van der Waals surface area (Å²) < 4.78 is 1.92. The van der Waals surface area contributed by atoms with Crippen LogP contribution in [0.25, 0.3) is 11.4 Å². The van der Waals surface area contributed by atoms with Crippen molar-refractivity contribution in [2.75, 3.05) is 11.5 Å². The van der Waals surface area contributed by atoms with Crippen LogP contribution in [0.2, 0.25) is 0 Å². The van der Waals surface area contributed by atoms with Crippen LogP contribution in [0.15, 0.2) is 18.2 Å². The minimum Gasteiger partial charge on any atom is -0.399 e. The van der Waals surface area contributed by atoms with Crippen molar-refractivity contribution in [3.63, 3.8) is 0 Å². The summed E-state index contributed by atoms with van der Waals surface area (Å²) in [5.41, 5.74) is 13.7. The molecule has 2 rings (SSSR count). The first-order valence-electron chi connectivity index (χ1n) is 7.01. The Labute approximate surface area is 119 Å². The summed E-state index contributed by atoms with van der Waals surface area (Å²) in [5, 5.41) is 12.2. The van der Waals surface area contributed by atoms with Gasteiger partial charge in [-0.1, -0.05) is 20.8 Å². The van der Waals surface area contributed by atoms with Crippen LogP contribution in [0, 0.1) is 0 Å². The van der Waals surface area contributed by atoms with E-state index in [1.165, 1.54) is 0 Å². The molecule has 6 heteroatoms. The Morgan fingerprint density at radius 3 is 2.05 bits per heavy atom. The summed E-state index contributed by atoms with van der Waals surface area (Å²) in [6.07, 6.45) is 2.90. The average molecular weight is 274 g/mol. The fourth-order valence-corrected chi connectivity index (χ4v) is 2.69. The van der Waals surface area contributed by atoms with Gasteiger partial charge >= 0.3 is 0 Å². The molecular formula is C14H22N6. The normalized spacial score (nSPS) is 11.8. The molecule has 0 bridgehead atoms. The standard InChI is InChI=1S/C14H22N6/c1-4-14(5-2,6-3)20-13(17-18-19-20)10-7-11(15)9-12(16)8-10/h7-9H,4-6,15-16H2,1-3H3. The highest BCUT2D eigenvalue weighted by Crippen LogP contribution is 2.33. The molecule has 0 aliphatic carbocycles. The van der Waals surface area contributed by atoms with Crippen molar-refractivity contribution < 1.29 is 0 Å². The fraction of sp³-hybridized carbons (Fsp3) is 0.500. The van der Waals surface area contributed by atoms with Crippen LogP contribution in [0.5, 0.6) is 0 Å². The molecule has 0 unspecified atom stereocenters. The molecule has 0 atom stereocenters. The second-order valence-corrected chi connectivity index (χ2v) is 5.09. The van der Waals surface area contributed by atoms with Crippen LogP contribution in [-0.2, 0) is 5.54 Å². The van der Waals surface area contributed by atoms with Crippen molar-refractivity contribution in [2.45, 2.75) is 45.6 Å². The molecule has 0 spiro atoms. The van der Waals surface area contributed by atoms with Gasteiger partial charge in [0.15, 0.2) is 5.82 Å². The van der Waals surface area contributed by atoms with Gasteiger partial charge in [-0.25, -0.2) is 4.68 Å². The molecule has 0 saturated heterocycles. The summed E-state index contributed by atoms with van der Waals surface area (Å²) in [4.78, 5) is 0. The maximum Gasteiger partial charge on any atom is 0.182 e. The van der Waals surface area contributed by atoms with E-state index < -0.39 is 0 Å². The van der Waals surface area contributed by atoms with Gasteiger partial charge in [0.05, 0.1) is 5.54 Å². The van der Waals surface area contributed by atoms with Gasteiger partial charge in [-0.15, -0.1) is 5.10 Å². The zero-order valence-electron chi connectivity index (χ0n) is 12.3. The molecule has 1 aromatic carbocycles. The maximum absolute atomic E-state index is 5.86. The van der Waals surface area contributed by atoms with E-state index >= 15 is 0 Å². The summed E-state index contributed by atoms with van der Waals surface area (Å²) in [7, 11) is 0. The Kier molecular flexibility index (Phi) is 3.92. The van der Waals surface area contributed by atoms with E-state index in [0.717, 1.165) is 30.7 Å². The lowest BCUT2D eigenvalue weighted by Gasteiger charge is -2.31. The monoisotopic (exact) mass is 274 g/mol. The molecule has 108 valence electrons. The van der Waals surface area contributed by atoms with Crippen molar-refractivity contribution >= 4 is 11.4 Å². The molecular weight excluding hydrogens is 252 g/mol. The van der Waals surface area contributed by atoms with Crippen LogP contribution >= 0.6 is 0 Å². The quantitative estimate of drug-likeness (QED) is 0.816. The van der Waals surface area contributed by atoms with Gasteiger partial charge in [0.25, 0.3) is 0 Å². The molecule has 20 heavy (non-hydrogen) atoms. The SMILES string of the molecule is CCC(CC)(CC)n1nnnc1-c1cc(N)cc(N)c1. The van der Waals surface area contributed by atoms with Crippen LogP contribution in [0.3, 0.4) is 0 Å². The van der Waals surface area contributed by atoms with E-state index in [9.17, 15) is 0 Å². The van der Waals surface area contributed by atoms with Gasteiger partial charge in [-0.3, -0.25) is 0 Å². The van der Waals surface area contributed by atoms with Gasteiger partial charge in [0, 0.05) is 16.9 Å². The summed E-state index contributed by atoms with van der Waals surface area (Å²) in [5.74, 6) is 0.717. The number of tetrazole rings is 1. The Morgan fingerprint density at radius 1 is 1.00 bits per heavy atom. The van der Waals surface area contributed by atoms with Gasteiger partial charge < -0.3 is 11.5 Å². The first kappa shape index (κ1) is 14.3. The second-order valence-electron chi connectivity index (χ2n) is 5.09. The Morgan fingerprint density at radius 2 is 1.55 bits per heavy atom. The highest BCUT2D eigenvalue weighted by Gasteiger charge is 2.30. The molecule has 0 saturated carbocycles. The first-order chi connectivity index (χ1) is 9.56. The van der Waals surface area contributed by atoms with E-state index in [1.54, 1.807) is 6.07 Å². The van der Waals surface area contributed by atoms with Crippen LogP contribution in [-0.4, -0.2) is 20.2 Å². The Balaban J connectivity index is 2.57. The highest BCUT2D eigenvalue weighted by atomic mass is 15.6. The zero-order valence-corrected chi connectivity index (χ0v) is 12.3. The Hall–Kier alpha value is -2.11. The smallest absolute Gasteiger partial charge is 0.182 e. The zero-order chi connectivity index (χ0) is 14.8. The van der Waals surface area contributed by atoms with Gasteiger partial charge in [0.1, 0.15) is 0 Å². The lowest BCUT2D eigenvalue weighted by molar-refractivity contribution is 0.223. The fourth-order valence-electron chi connectivity index (χ4n) is 2.69. The van der Waals surface area contributed by atoms with E-state index in [0.29, 0.717) is 11.4 Å². The molecule has 0 fully saturated rings. The van der Waals surface area contributed by atoms with Crippen LogP contribution in [0.1, 0.15) is 40.0 Å². The number of benzene rings is 1. The molecule has 0 radical (unpaired) electrons. The minimum atomic E-state index is -0.0712. The number of nitrogen functional groups attached to an aromatic ring is 2. The highest BCUT2D eigenvalue weighted by molar-refractivity contribution is 5.68. The van der Waals surface area contributed by atoms with E-state index in [4.69, 9.17) is 11.5 Å². The number of hydrogen-bond acceptors (Lipinski definition) is 5. The third-order valence-electron chi connectivity index (χ3n) is 4.13. The van der Waals surface area contributed by atoms with Crippen LogP contribution < -0.4 is 11.5 Å². The number of hydrogen-bond donors (Lipinski definition) is 2. The predicted octanol–water partition coefficient (Wildman–Crippen LogP) is 2.43. The third kappa shape index (κ3) is 2.33. The van der Waals surface area contributed by atoms with Crippen molar-refractivity contribution in [1.82, 2.24) is 20.2 Å².